The first-order chi connectivity index (χ1) is 12.2. The SMILES string of the molecule is C[C@@H](O)[C@H]1C(=O)N2C(C(=O)O)=C(SC=Cc3cnc(C(N)=O)s3)[C@H](C)[C@H]12. The van der Waals surface area contributed by atoms with Crippen molar-refractivity contribution in [2.45, 2.75) is 26.0 Å². The van der Waals surface area contributed by atoms with E-state index in [2.05, 4.69) is 4.98 Å². The Kier molecular flexibility index (Phi) is 4.91. The van der Waals surface area contributed by atoms with Gasteiger partial charge < -0.3 is 20.8 Å². The fourth-order valence-electron chi connectivity index (χ4n) is 3.33. The molecule has 2 aliphatic rings. The number of amides is 2. The predicted octanol–water partition coefficient (Wildman–Crippen LogP) is 1.10. The molecule has 1 aromatic heterocycles. The van der Waals surface area contributed by atoms with Gasteiger partial charge >= 0.3 is 5.97 Å². The lowest BCUT2D eigenvalue weighted by molar-refractivity contribution is -0.163. The van der Waals surface area contributed by atoms with Gasteiger partial charge in [-0.1, -0.05) is 18.7 Å². The number of nitrogens with two attached hydrogens (primary N) is 1. The molecular formula is C16H17N3O5S2. The molecule has 1 aromatic rings. The van der Waals surface area contributed by atoms with Gasteiger partial charge in [-0.25, -0.2) is 9.78 Å². The van der Waals surface area contributed by atoms with Gasteiger partial charge in [0.05, 0.1) is 18.1 Å². The van der Waals surface area contributed by atoms with Crippen LogP contribution in [-0.2, 0) is 9.59 Å². The van der Waals surface area contributed by atoms with E-state index in [1.807, 2.05) is 6.92 Å². The molecule has 8 nitrogen and oxygen atoms in total. The average molecular weight is 395 g/mol. The molecule has 3 heterocycles. The van der Waals surface area contributed by atoms with Crippen molar-refractivity contribution in [2.75, 3.05) is 0 Å². The van der Waals surface area contributed by atoms with E-state index in [1.165, 1.54) is 29.8 Å². The fraction of sp³-hybridized carbons (Fsp3) is 0.375. The topological polar surface area (TPSA) is 134 Å². The summed E-state index contributed by atoms with van der Waals surface area (Å²) in [7, 11) is 0. The molecule has 0 spiro atoms. The second kappa shape index (κ2) is 6.86. The Hall–Kier alpha value is -2.17. The highest BCUT2D eigenvalue weighted by Gasteiger charge is 2.59. The Bertz CT molecular complexity index is 845. The molecule has 4 N–H and O–H groups in total. The van der Waals surface area contributed by atoms with E-state index in [4.69, 9.17) is 5.73 Å². The lowest BCUT2D eigenvalue weighted by Crippen LogP contribution is -2.63. The van der Waals surface area contributed by atoms with Crippen LogP contribution in [0.4, 0.5) is 0 Å². The van der Waals surface area contributed by atoms with Crippen molar-refractivity contribution >= 4 is 47.0 Å². The van der Waals surface area contributed by atoms with Crippen LogP contribution in [0.3, 0.4) is 0 Å². The molecule has 1 saturated heterocycles. The number of nitrogens with zero attached hydrogens (tertiary/aromatic N) is 2. The monoisotopic (exact) mass is 395 g/mol. The third-order valence-corrected chi connectivity index (χ3v) is 6.54. The van der Waals surface area contributed by atoms with E-state index >= 15 is 0 Å². The van der Waals surface area contributed by atoms with Crippen LogP contribution < -0.4 is 5.73 Å². The van der Waals surface area contributed by atoms with Gasteiger partial charge in [-0.15, -0.1) is 11.3 Å². The van der Waals surface area contributed by atoms with Gasteiger partial charge in [-0.05, 0) is 18.4 Å². The van der Waals surface area contributed by atoms with Crippen LogP contribution in [0, 0.1) is 11.8 Å². The van der Waals surface area contributed by atoms with Crippen LogP contribution >= 0.6 is 23.1 Å². The molecule has 2 amide bonds. The summed E-state index contributed by atoms with van der Waals surface area (Å²) in [6.07, 6.45) is 2.38. The van der Waals surface area contributed by atoms with Crippen LogP contribution in [0.1, 0.15) is 28.5 Å². The molecular weight excluding hydrogens is 378 g/mol. The second-order valence-electron chi connectivity index (χ2n) is 6.12. The van der Waals surface area contributed by atoms with Crippen molar-refractivity contribution in [3.05, 3.63) is 32.1 Å². The van der Waals surface area contributed by atoms with Gasteiger partial charge in [0, 0.05) is 21.9 Å². The summed E-state index contributed by atoms with van der Waals surface area (Å²) in [4.78, 5) is 41.4. The maximum absolute atomic E-state index is 12.2. The summed E-state index contributed by atoms with van der Waals surface area (Å²) in [6, 6.07) is -0.339. The molecule has 2 aliphatic heterocycles. The number of aromatic nitrogens is 1. The highest BCUT2D eigenvalue weighted by molar-refractivity contribution is 8.06. The number of carboxylic acids is 1. The molecule has 4 atom stereocenters. The van der Waals surface area contributed by atoms with Gasteiger partial charge in [-0.2, -0.15) is 0 Å². The van der Waals surface area contributed by atoms with Crippen molar-refractivity contribution in [1.29, 1.82) is 0 Å². The number of hydrogen-bond donors (Lipinski definition) is 3. The molecule has 3 rings (SSSR count). The van der Waals surface area contributed by atoms with Crippen LogP contribution in [0.5, 0.6) is 0 Å². The van der Waals surface area contributed by atoms with Crippen molar-refractivity contribution in [2.24, 2.45) is 17.6 Å². The lowest BCUT2D eigenvalue weighted by Gasteiger charge is -2.46. The van der Waals surface area contributed by atoms with Gasteiger partial charge in [0.2, 0.25) is 5.91 Å². The minimum absolute atomic E-state index is 0.0267. The average Bonchev–Trinajstić information content (AvgIpc) is 3.10. The van der Waals surface area contributed by atoms with Gasteiger partial charge in [0.25, 0.3) is 5.91 Å². The summed E-state index contributed by atoms with van der Waals surface area (Å²) in [6.45, 7) is 3.39. The first kappa shape index (κ1) is 18.6. The number of hydrogen-bond acceptors (Lipinski definition) is 7. The van der Waals surface area contributed by atoms with Crippen molar-refractivity contribution in [1.82, 2.24) is 9.88 Å². The van der Waals surface area contributed by atoms with Gasteiger partial charge in [0.1, 0.15) is 5.70 Å². The van der Waals surface area contributed by atoms with Crippen molar-refractivity contribution < 1.29 is 24.6 Å². The number of aliphatic carboxylic acids is 1. The Morgan fingerprint density at radius 2 is 2.19 bits per heavy atom. The molecule has 138 valence electrons. The highest BCUT2D eigenvalue weighted by Crippen LogP contribution is 2.50. The Morgan fingerprint density at radius 1 is 1.50 bits per heavy atom. The zero-order chi connectivity index (χ0) is 19.2. The number of carbonyl (C=O) groups excluding carboxylic acids is 2. The smallest absolute Gasteiger partial charge is 0.353 e. The number of carboxylic acid groups (broad SMARTS) is 1. The number of fused-ring (bicyclic) bond motifs is 1. The fourth-order valence-corrected chi connectivity index (χ4v) is 5.10. The zero-order valence-corrected chi connectivity index (χ0v) is 15.6. The van der Waals surface area contributed by atoms with E-state index in [0.717, 1.165) is 11.3 Å². The molecule has 0 unspecified atom stereocenters. The van der Waals surface area contributed by atoms with E-state index in [1.54, 1.807) is 11.5 Å². The summed E-state index contributed by atoms with van der Waals surface area (Å²) < 4.78 is 0. The Balaban J connectivity index is 1.81. The number of aliphatic hydroxyl groups excluding tert-OH is 1. The number of rotatable bonds is 6. The third-order valence-electron chi connectivity index (χ3n) is 4.47. The van der Waals surface area contributed by atoms with Crippen LogP contribution in [0.25, 0.3) is 6.08 Å². The summed E-state index contributed by atoms with van der Waals surface area (Å²) in [5.41, 5.74) is 5.14. The highest BCUT2D eigenvalue weighted by atomic mass is 32.2. The number of carbonyl (C=O) groups is 3. The molecule has 10 heteroatoms. The molecule has 26 heavy (non-hydrogen) atoms. The number of β-lactam (4-membered cyclic amide) rings is 1. The standard InChI is InChI=1S/C16H17N3O5S2/c1-6-10-9(7(2)20)15(22)19(10)11(16(23)24)12(6)25-4-3-8-5-18-14(26-8)13(17)21/h3-7,9-10,20H,1-2H3,(H2,17,21)(H,23,24)/t6-,7-,9-,10-/m1/s1. The molecule has 0 saturated carbocycles. The molecule has 0 bridgehead atoms. The number of primary amides is 1. The van der Waals surface area contributed by atoms with E-state index < -0.39 is 23.9 Å². The first-order valence-corrected chi connectivity index (χ1v) is 9.51. The molecule has 0 aromatic carbocycles. The number of thioether (sulfide) groups is 1. The molecule has 0 aliphatic carbocycles. The summed E-state index contributed by atoms with van der Waals surface area (Å²) in [5, 5.41) is 21.2. The third kappa shape index (κ3) is 2.93. The lowest BCUT2D eigenvalue weighted by atomic mass is 9.79. The first-order valence-electron chi connectivity index (χ1n) is 7.81. The minimum atomic E-state index is -1.17. The van der Waals surface area contributed by atoms with Crippen molar-refractivity contribution in [3.63, 3.8) is 0 Å². The van der Waals surface area contributed by atoms with Crippen LogP contribution in [0.2, 0.25) is 0 Å². The van der Waals surface area contributed by atoms with E-state index in [-0.39, 0.29) is 28.6 Å². The van der Waals surface area contributed by atoms with Gasteiger partial charge in [-0.3, -0.25) is 9.59 Å². The minimum Gasteiger partial charge on any atom is -0.477 e. The van der Waals surface area contributed by atoms with Gasteiger partial charge in [0.15, 0.2) is 5.01 Å². The maximum atomic E-state index is 12.2. The predicted molar refractivity (Wildman–Crippen MR) is 96.9 cm³/mol. The quantitative estimate of drug-likeness (QED) is 0.614. The normalized spacial score (nSPS) is 26.2. The molecule has 0 radical (unpaired) electrons. The van der Waals surface area contributed by atoms with Crippen molar-refractivity contribution in [3.8, 4) is 0 Å². The Morgan fingerprint density at radius 3 is 2.73 bits per heavy atom. The van der Waals surface area contributed by atoms with E-state index in [9.17, 15) is 24.6 Å². The summed E-state index contributed by atoms with van der Waals surface area (Å²) >= 11 is 2.34. The maximum Gasteiger partial charge on any atom is 0.353 e. The number of aliphatic hydroxyl groups is 1. The zero-order valence-electron chi connectivity index (χ0n) is 13.9. The molecule has 1 fully saturated rings. The largest absolute Gasteiger partial charge is 0.477 e. The Labute approximate surface area is 157 Å². The van der Waals surface area contributed by atoms with Crippen LogP contribution in [-0.4, -0.2) is 50.0 Å². The summed E-state index contributed by atoms with van der Waals surface area (Å²) in [5.74, 6) is -2.91. The second-order valence-corrected chi connectivity index (χ2v) is 8.13. The number of thiazole rings is 1. The van der Waals surface area contributed by atoms with E-state index in [0.29, 0.717) is 9.78 Å². The van der Waals surface area contributed by atoms with Crippen LogP contribution in [0.15, 0.2) is 22.2 Å².